The van der Waals surface area contributed by atoms with Gasteiger partial charge in [-0.3, -0.25) is 9.10 Å². The summed E-state index contributed by atoms with van der Waals surface area (Å²) in [5.74, 6) is -0.376. The van der Waals surface area contributed by atoms with Crippen LogP contribution in [0.25, 0.3) is 0 Å². The number of nitrogens with zero attached hydrogens (tertiary/aromatic N) is 1. The fourth-order valence-corrected chi connectivity index (χ4v) is 3.63. The number of nitrogens with one attached hydrogen (secondary N) is 1. The summed E-state index contributed by atoms with van der Waals surface area (Å²) in [6.07, 6.45) is 1.07. The van der Waals surface area contributed by atoms with Crippen LogP contribution >= 0.6 is 11.6 Å². The van der Waals surface area contributed by atoms with Crippen LogP contribution in [0.4, 0.5) is 5.69 Å². The molecular weight excluding hydrogens is 348 g/mol. The van der Waals surface area contributed by atoms with Crippen LogP contribution < -0.4 is 9.62 Å². The summed E-state index contributed by atoms with van der Waals surface area (Å²) in [5.41, 5.74) is 1.33. The molecule has 0 saturated carbocycles. The fourth-order valence-electron chi connectivity index (χ4n) is 2.33. The topological polar surface area (TPSA) is 66.5 Å². The molecule has 1 atom stereocenters. The van der Waals surface area contributed by atoms with Gasteiger partial charge in [0.05, 0.1) is 11.9 Å². The first-order valence-electron chi connectivity index (χ1n) is 7.35. The maximum absolute atomic E-state index is 12.4. The molecule has 1 N–H and O–H groups in total. The predicted octanol–water partition coefficient (Wildman–Crippen LogP) is 2.81. The van der Waals surface area contributed by atoms with Gasteiger partial charge in [-0.25, -0.2) is 8.42 Å². The molecule has 0 aliphatic rings. The molecule has 0 radical (unpaired) electrons. The molecule has 2 aromatic carbocycles. The Labute approximate surface area is 147 Å². The van der Waals surface area contributed by atoms with Crippen LogP contribution in [0, 0.1) is 0 Å². The molecular formula is C17H19ClN2O3S. The number of rotatable bonds is 6. The molecule has 0 bridgehead atoms. The van der Waals surface area contributed by atoms with Crippen molar-refractivity contribution < 1.29 is 13.2 Å². The quantitative estimate of drug-likeness (QED) is 0.854. The van der Waals surface area contributed by atoms with Crippen molar-refractivity contribution in [1.29, 1.82) is 0 Å². The standard InChI is InChI=1S/C17H19ClN2O3S/c1-13(17(21)19-12-14-6-4-3-5-7-14)20(24(2,22)23)16-10-8-15(18)9-11-16/h3-11,13H,12H2,1-2H3,(H,19,21)/t13-/m1/s1. The Hall–Kier alpha value is -2.05. The lowest BCUT2D eigenvalue weighted by atomic mass is 10.2. The minimum absolute atomic E-state index is 0.336. The number of halogens is 1. The lowest BCUT2D eigenvalue weighted by molar-refractivity contribution is -0.122. The molecule has 0 fully saturated rings. The van der Waals surface area contributed by atoms with Gasteiger partial charge in [0.15, 0.2) is 0 Å². The van der Waals surface area contributed by atoms with Crippen LogP contribution in [0.2, 0.25) is 5.02 Å². The van der Waals surface area contributed by atoms with Crippen LogP contribution in [0.3, 0.4) is 0 Å². The van der Waals surface area contributed by atoms with Crippen molar-refractivity contribution in [1.82, 2.24) is 5.32 Å². The zero-order valence-corrected chi connectivity index (χ0v) is 15.0. The molecule has 2 rings (SSSR count). The van der Waals surface area contributed by atoms with E-state index < -0.39 is 16.1 Å². The normalized spacial score (nSPS) is 12.5. The smallest absolute Gasteiger partial charge is 0.243 e. The highest BCUT2D eigenvalue weighted by atomic mass is 35.5. The molecule has 0 aliphatic heterocycles. The highest BCUT2D eigenvalue weighted by molar-refractivity contribution is 7.92. The van der Waals surface area contributed by atoms with Gasteiger partial charge in [-0.2, -0.15) is 0 Å². The van der Waals surface area contributed by atoms with Gasteiger partial charge < -0.3 is 5.32 Å². The van der Waals surface area contributed by atoms with Crippen molar-refractivity contribution in [2.75, 3.05) is 10.6 Å². The van der Waals surface area contributed by atoms with Crippen molar-refractivity contribution in [2.24, 2.45) is 0 Å². The van der Waals surface area contributed by atoms with Gasteiger partial charge in [0, 0.05) is 11.6 Å². The molecule has 1 amide bonds. The van der Waals surface area contributed by atoms with Crippen LogP contribution in [0.1, 0.15) is 12.5 Å². The highest BCUT2D eigenvalue weighted by Gasteiger charge is 2.28. The Bertz CT molecular complexity index is 792. The van der Waals surface area contributed by atoms with E-state index in [9.17, 15) is 13.2 Å². The van der Waals surface area contributed by atoms with E-state index in [1.165, 1.54) is 0 Å². The monoisotopic (exact) mass is 366 g/mol. The van der Waals surface area contributed by atoms with Gasteiger partial charge in [-0.15, -0.1) is 0 Å². The van der Waals surface area contributed by atoms with E-state index in [1.807, 2.05) is 30.3 Å². The van der Waals surface area contributed by atoms with Gasteiger partial charge in [0.1, 0.15) is 6.04 Å². The van der Waals surface area contributed by atoms with E-state index in [0.717, 1.165) is 16.1 Å². The molecule has 0 aliphatic carbocycles. The van der Waals surface area contributed by atoms with Crippen LogP contribution in [0.15, 0.2) is 54.6 Å². The third-order valence-corrected chi connectivity index (χ3v) is 4.97. The first-order chi connectivity index (χ1) is 11.3. The van der Waals surface area contributed by atoms with Crippen LogP contribution in [0.5, 0.6) is 0 Å². The van der Waals surface area contributed by atoms with E-state index in [-0.39, 0.29) is 5.91 Å². The molecule has 0 unspecified atom stereocenters. The van der Waals surface area contributed by atoms with Gasteiger partial charge >= 0.3 is 0 Å². The average Bonchev–Trinajstić information content (AvgIpc) is 2.54. The summed E-state index contributed by atoms with van der Waals surface area (Å²) >= 11 is 5.84. The Morgan fingerprint density at radius 3 is 2.25 bits per heavy atom. The Kier molecular flexibility index (Phi) is 5.85. The molecule has 5 nitrogen and oxygen atoms in total. The summed E-state index contributed by atoms with van der Waals surface area (Å²) in [6, 6.07) is 14.9. The molecule has 0 saturated heterocycles. The van der Waals surface area contributed by atoms with E-state index in [2.05, 4.69) is 5.32 Å². The number of anilines is 1. The van der Waals surface area contributed by atoms with Gasteiger partial charge in [-0.05, 0) is 36.8 Å². The third-order valence-electron chi connectivity index (χ3n) is 3.48. The number of carbonyl (C=O) groups is 1. The Morgan fingerprint density at radius 2 is 1.71 bits per heavy atom. The van der Waals surface area contributed by atoms with Gasteiger partial charge in [-0.1, -0.05) is 41.9 Å². The molecule has 24 heavy (non-hydrogen) atoms. The van der Waals surface area contributed by atoms with Crippen molar-refractivity contribution in [3.63, 3.8) is 0 Å². The molecule has 7 heteroatoms. The Balaban J connectivity index is 2.17. The highest BCUT2D eigenvalue weighted by Crippen LogP contribution is 2.23. The van der Waals surface area contributed by atoms with Gasteiger partial charge in [0.25, 0.3) is 0 Å². The third kappa shape index (κ3) is 4.72. The second kappa shape index (κ2) is 7.68. The second-order valence-corrected chi connectivity index (χ2v) is 7.71. The van der Waals surface area contributed by atoms with E-state index in [0.29, 0.717) is 17.3 Å². The van der Waals surface area contributed by atoms with Crippen molar-refractivity contribution in [2.45, 2.75) is 19.5 Å². The number of hydrogen-bond donors (Lipinski definition) is 1. The van der Waals surface area contributed by atoms with Crippen molar-refractivity contribution in [3.05, 3.63) is 65.2 Å². The zero-order valence-electron chi connectivity index (χ0n) is 13.4. The number of benzene rings is 2. The lowest BCUT2D eigenvalue weighted by Crippen LogP contribution is -2.47. The van der Waals surface area contributed by atoms with Crippen LogP contribution in [-0.2, 0) is 21.4 Å². The summed E-state index contributed by atoms with van der Waals surface area (Å²) in [4.78, 5) is 12.4. The first kappa shape index (κ1) is 18.3. The lowest BCUT2D eigenvalue weighted by Gasteiger charge is -2.28. The first-order valence-corrected chi connectivity index (χ1v) is 9.58. The summed E-state index contributed by atoms with van der Waals surface area (Å²) in [7, 11) is -3.63. The number of hydrogen-bond acceptors (Lipinski definition) is 3. The maximum atomic E-state index is 12.4. The van der Waals surface area contributed by atoms with Crippen molar-refractivity contribution >= 4 is 33.2 Å². The second-order valence-electron chi connectivity index (χ2n) is 5.41. The molecule has 0 spiro atoms. The predicted molar refractivity (Wildman–Crippen MR) is 96.5 cm³/mol. The molecule has 2 aromatic rings. The number of amides is 1. The molecule has 0 aromatic heterocycles. The summed E-state index contributed by atoms with van der Waals surface area (Å²) in [5, 5.41) is 3.26. The zero-order chi connectivity index (χ0) is 17.7. The average molecular weight is 367 g/mol. The van der Waals surface area contributed by atoms with E-state index in [1.54, 1.807) is 31.2 Å². The number of sulfonamides is 1. The summed E-state index contributed by atoms with van der Waals surface area (Å²) < 4.78 is 25.4. The molecule has 128 valence electrons. The molecule has 0 heterocycles. The largest absolute Gasteiger partial charge is 0.350 e. The SMILES string of the molecule is C[C@H](C(=O)NCc1ccccc1)N(c1ccc(Cl)cc1)S(C)(=O)=O. The van der Waals surface area contributed by atoms with Crippen LogP contribution in [-0.4, -0.2) is 26.6 Å². The maximum Gasteiger partial charge on any atom is 0.243 e. The van der Waals surface area contributed by atoms with E-state index in [4.69, 9.17) is 11.6 Å². The summed E-state index contributed by atoms with van der Waals surface area (Å²) in [6.45, 7) is 1.89. The van der Waals surface area contributed by atoms with Crippen molar-refractivity contribution in [3.8, 4) is 0 Å². The minimum Gasteiger partial charge on any atom is -0.350 e. The van der Waals surface area contributed by atoms with Gasteiger partial charge in [0.2, 0.25) is 15.9 Å². The fraction of sp³-hybridized carbons (Fsp3) is 0.235. The number of carbonyl (C=O) groups excluding carboxylic acids is 1. The minimum atomic E-state index is -3.63. The Morgan fingerprint density at radius 1 is 1.12 bits per heavy atom. The van der Waals surface area contributed by atoms with E-state index >= 15 is 0 Å².